The summed E-state index contributed by atoms with van der Waals surface area (Å²) in [6.07, 6.45) is 3.65. The lowest BCUT2D eigenvalue weighted by atomic mass is 10.0. The zero-order valence-electron chi connectivity index (χ0n) is 16.7. The Kier molecular flexibility index (Phi) is 6.31. The van der Waals surface area contributed by atoms with Crippen molar-refractivity contribution in [1.29, 1.82) is 0 Å². The van der Waals surface area contributed by atoms with Crippen LogP contribution in [-0.4, -0.2) is 62.3 Å². The van der Waals surface area contributed by atoms with Crippen LogP contribution in [0, 0.1) is 0 Å². The van der Waals surface area contributed by atoms with Crippen LogP contribution in [0.2, 0.25) is 5.02 Å². The number of ether oxygens (including phenoxy) is 2. The van der Waals surface area contributed by atoms with Gasteiger partial charge in [-0.2, -0.15) is 0 Å². The molecule has 0 aliphatic carbocycles. The normalized spacial score (nSPS) is 15.3. The number of nitrogens with one attached hydrogen (secondary N) is 1. The maximum absolute atomic E-state index is 6.41. The summed E-state index contributed by atoms with van der Waals surface area (Å²) in [6.45, 7) is 2.12. The number of nitrogens with zero attached hydrogens (tertiary/aromatic N) is 4. The standard InChI is InChI=1S/C19H27ClN6O2/c1-25-7-5-12(6-8-25)26(2)19-17(21)18(22-11-23-19)24-14-9-13(20)15(27-3)10-16(14)28-4/h9-12H,5-8,21H2,1-4H3,(H,22,23,24). The highest BCUT2D eigenvalue weighted by Gasteiger charge is 2.24. The largest absolute Gasteiger partial charge is 0.495 e. The number of likely N-dealkylation sites (tertiary alicyclic amines) is 1. The number of anilines is 4. The molecule has 0 atom stereocenters. The van der Waals surface area contributed by atoms with E-state index in [9.17, 15) is 0 Å². The monoisotopic (exact) mass is 406 g/mol. The highest BCUT2D eigenvalue weighted by atomic mass is 35.5. The molecule has 1 saturated heterocycles. The van der Waals surface area contributed by atoms with Crippen molar-refractivity contribution in [3.8, 4) is 11.5 Å². The van der Waals surface area contributed by atoms with E-state index in [1.807, 2.05) is 7.05 Å². The Bertz CT molecular complexity index is 826. The minimum Gasteiger partial charge on any atom is -0.495 e. The van der Waals surface area contributed by atoms with Gasteiger partial charge in [0.15, 0.2) is 11.6 Å². The fourth-order valence-corrected chi connectivity index (χ4v) is 3.65. The Hall–Kier alpha value is -2.45. The van der Waals surface area contributed by atoms with Crippen molar-refractivity contribution in [1.82, 2.24) is 14.9 Å². The molecule has 0 amide bonds. The van der Waals surface area contributed by atoms with Crippen molar-refractivity contribution >= 4 is 34.6 Å². The molecule has 8 nitrogen and oxygen atoms in total. The van der Waals surface area contributed by atoms with Crippen LogP contribution >= 0.6 is 11.6 Å². The van der Waals surface area contributed by atoms with Crippen LogP contribution in [0.4, 0.5) is 23.0 Å². The molecule has 0 radical (unpaired) electrons. The predicted molar refractivity (Wildman–Crippen MR) is 113 cm³/mol. The minimum absolute atomic E-state index is 0.395. The van der Waals surface area contributed by atoms with E-state index in [4.69, 9.17) is 26.8 Å². The molecule has 2 aromatic rings. The molecule has 0 saturated carbocycles. The van der Waals surface area contributed by atoms with Gasteiger partial charge in [0, 0.05) is 19.2 Å². The third-order valence-corrected chi connectivity index (χ3v) is 5.46. The highest BCUT2D eigenvalue weighted by Crippen LogP contribution is 2.39. The van der Waals surface area contributed by atoms with Gasteiger partial charge in [-0.1, -0.05) is 11.6 Å². The van der Waals surface area contributed by atoms with Crippen molar-refractivity contribution in [2.24, 2.45) is 0 Å². The van der Waals surface area contributed by atoms with Crippen LogP contribution < -0.4 is 25.4 Å². The molecule has 1 aromatic heterocycles. The van der Waals surface area contributed by atoms with E-state index in [0.717, 1.165) is 25.9 Å². The van der Waals surface area contributed by atoms with Gasteiger partial charge in [-0.3, -0.25) is 0 Å². The second kappa shape index (κ2) is 8.70. The number of nitrogen functional groups attached to an aromatic ring is 1. The van der Waals surface area contributed by atoms with Crippen LogP contribution in [0.15, 0.2) is 18.5 Å². The summed E-state index contributed by atoms with van der Waals surface area (Å²) in [7, 11) is 7.31. The fraction of sp³-hybridized carbons (Fsp3) is 0.474. The number of methoxy groups -OCH3 is 2. The summed E-state index contributed by atoms with van der Waals surface area (Å²) in [6, 6.07) is 3.83. The molecule has 1 aromatic carbocycles. The first-order valence-corrected chi connectivity index (χ1v) is 9.52. The van der Waals surface area contributed by atoms with E-state index in [0.29, 0.717) is 45.6 Å². The Morgan fingerprint density at radius 1 is 1.18 bits per heavy atom. The fourth-order valence-electron chi connectivity index (χ4n) is 3.41. The molecular weight excluding hydrogens is 380 g/mol. The van der Waals surface area contributed by atoms with Gasteiger partial charge < -0.3 is 30.3 Å². The first-order chi connectivity index (χ1) is 13.4. The molecule has 2 heterocycles. The van der Waals surface area contributed by atoms with Crippen molar-refractivity contribution in [2.75, 3.05) is 57.4 Å². The number of hydrogen-bond acceptors (Lipinski definition) is 8. The van der Waals surface area contributed by atoms with Crippen molar-refractivity contribution in [3.05, 3.63) is 23.5 Å². The zero-order chi connectivity index (χ0) is 20.3. The first kappa shape index (κ1) is 20.3. The number of hydrogen-bond donors (Lipinski definition) is 2. The van der Waals surface area contributed by atoms with Crippen molar-refractivity contribution < 1.29 is 9.47 Å². The maximum Gasteiger partial charge on any atom is 0.159 e. The zero-order valence-corrected chi connectivity index (χ0v) is 17.5. The second-order valence-corrected chi connectivity index (χ2v) is 7.32. The number of benzene rings is 1. The van der Waals surface area contributed by atoms with E-state index in [-0.39, 0.29) is 0 Å². The van der Waals surface area contributed by atoms with Gasteiger partial charge in [0.2, 0.25) is 0 Å². The third kappa shape index (κ3) is 4.18. The third-order valence-electron chi connectivity index (χ3n) is 5.16. The second-order valence-electron chi connectivity index (χ2n) is 6.92. The molecule has 1 aliphatic heterocycles. The van der Waals surface area contributed by atoms with Crippen molar-refractivity contribution in [2.45, 2.75) is 18.9 Å². The van der Waals surface area contributed by atoms with Gasteiger partial charge in [0.25, 0.3) is 0 Å². The molecular formula is C19H27ClN6O2. The topological polar surface area (TPSA) is 88.8 Å². The van der Waals surface area contributed by atoms with Gasteiger partial charge in [0.1, 0.15) is 23.5 Å². The van der Waals surface area contributed by atoms with Gasteiger partial charge in [-0.05, 0) is 39.0 Å². The van der Waals surface area contributed by atoms with E-state index >= 15 is 0 Å². The maximum atomic E-state index is 6.41. The van der Waals surface area contributed by atoms with E-state index in [2.05, 4.69) is 32.1 Å². The number of piperidine rings is 1. The van der Waals surface area contributed by atoms with Crippen LogP contribution in [0.5, 0.6) is 11.5 Å². The number of nitrogens with two attached hydrogens (primary N) is 1. The molecule has 3 N–H and O–H groups in total. The van der Waals surface area contributed by atoms with Gasteiger partial charge in [-0.25, -0.2) is 9.97 Å². The number of rotatable bonds is 6. The molecule has 9 heteroatoms. The van der Waals surface area contributed by atoms with Gasteiger partial charge in [-0.15, -0.1) is 0 Å². The lowest BCUT2D eigenvalue weighted by Gasteiger charge is -2.36. The summed E-state index contributed by atoms with van der Waals surface area (Å²) in [5.74, 6) is 2.32. The first-order valence-electron chi connectivity index (χ1n) is 9.15. The summed E-state index contributed by atoms with van der Waals surface area (Å²) in [5.41, 5.74) is 7.54. The number of aromatic nitrogens is 2. The van der Waals surface area contributed by atoms with Gasteiger partial charge >= 0.3 is 0 Å². The van der Waals surface area contributed by atoms with Crippen LogP contribution in [0.25, 0.3) is 0 Å². The molecule has 3 rings (SSSR count). The molecule has 0 bridgehead atoms. The Morgan fingerprint density at radius 3 is 2.50 bits per heavy atom. The summed E-state index contributed by atoms with van der Waals surface area (Å²) in [5, 5.41) is 3.67. The summed E-state index contributed by atoms with van der Waals surface area (Å²) in [4.78, 5) is 13.2. The van der Waals surface area contributed by atoms with E-state index in [1.54, 1.807) is 26.4 Å². The number of halogens is 1. The molecule has 28 heavy (non-hydrogen) atoms. The Morgan fingerprint density at radius 2 is 1.86 bits per heavy atom. The van der Waals surface area contributed by atoms with Crippen LogP contribution in [0.1, 0.15) is 12.8 Å². The predicted octanol–water partition coefficient (Wildman–Crippen LogP) is 3.00. The Balaban J connectivity index is 1.86. The van der Waals surface area contributed by atoms with Gasteiger partial charge in [0.05, 0.1) is 24.9 Å². The average molecular weight is 407 g/mol. The highest BCUT2D eigenvalue weighted by molar-refractivity contribution is 6.32. The molecule has 1 aliphatic rings. The lowest BCUT2D eigenvalue weighted by molar-refractivity contribution is 0.252. The van der Waals surface area contributed by atoms with Crippen LogP contribution in [-0.2, 0) is 0 Å². The van der Waals surface area contributed by atoms with Crippen LogP contribution in [0.3, 0.4) is 0 Å². The molecule has 1 fully saturated rings. The van der Waals surface area contributed by atoms with E-state index < -0.39 is 0 Å². The molecule has 0 unspecified atom stereocenters. The lowest BCUT2D eigenvalue weighted by Crippen LogP contribution is -2.42. The van der Waals surface area contributed by atoms with Crippen molar-refractivity contribution in [3.63, 3.8) is 0 Å². The van der Waals surface area contributed by atoms with E-state index in [1.165, 1.54) is 6.33 Å². The Labute approximate surface area is 170 Å². The summed E-state index contributed by atoms with van der Waals surface area (Å²) >= 11 is 6.26. The molecule has 152 valence electrons. The molecule has 0 spiro atoms. The minimum atomic E-state index is 0.395. The quantitative estimate of drug-likeness (QED) is 0.756. The summed E-state index contributed by atoms with van der Waals surface area (Å²) < 4.78 is 10.7. The SMILES string of the molecule is COc1cc(OC)c(Nc2ncnc(N(C)C3CCN(C)CC3)c2N)cc1Cl. The smallest absolute Gasteiger partial charge is 0.159 e. The average Bonchev–Trinajstić information content (AvgIpc) is 2.70.